The maximum Gasteiger partial charge on any atom is 0.330 e. The number of anilines is 2. The van der Waals surface area contributed by atoms with Crippen LogP contribution in [-0.2, 0) is 14.1 Å². The highest BCUT2D eigenvalue weighted by Crippen LogP contribution is 2.13. The van der Waals surface area contributed by atoms with Crippen molar-refractivity contribution in [3.05, 3.63) is 82.7 Å². The van der Waals surface area contributed by atoms with Crippen molar-refractivity contribution in [1.82, 2.24) is 9.13 Å². The summed E-state index contributed by atoms with van der Waals surface area (Å²) in [4.78, 5) is 17.0. The van der Waals surface area contributed by atoms with Crippen LogP contribution >= 0.6 is 0 Å². The number of nitrogens with one attached hydrogen (secondary N) is 1. The van der Waals surface area contributed by atoms with Crippen LogP contribution in [0, 0.1) is 0 Å². The summed E-state index contributed by atoms with van der Waals surface area (Å²) in [5.41, 5.74) is 2.18. The zero-order chi connectivity index (χ0) is 16.2. The number of nitrogens with zero attached hydrogens (tertiary/aromatic N) is 3. The molecule has 0 aliphatic heterocycles. The van der Waals surface area contributed by atoms with Crippen molar-refractivity contribution in [1.29, 1.82) is 0 Å². The fourth-order valence-corrected chi connectivity index (χ4v) is 2.27. The Kier molecular flexibility index (Phi) is 4.10. The Hall–Kier alpha value is -3.08. The number of hydrogen-bond donors (Lipinski definition) is 1. The number of benzene rings is 2. The topological polar surface area (TPSA) is 51.3 Å². The molecule has 1 aromatic heterocycles. The molecule has 5 heteroatoms. The van der Waals surface area contributed by atoms with Crippen molar-refractivity contribution in [2.24, 2.45) is 19.1 Å². The van der Waals surface area contributed by atoms with Gasteiger partial charge in [-0.2, -0.15) is 0 Å². The molecule has 23 heavy (non-hydrogen) atoms. The molecule has 0 saturated heterocycles. The van der Waals surface area contributed by atoms with Gasteiger partial charge in [0.15, 0.2) is 0 Å². The van der Waals surface area contributed by atoms with Gasteiger partial charge in [-0.25, -0.2) is 9.79 Å². The van der Waals surface area contributed by atoms with Gasteiger partial charge in [0.1, 0.15) is 11.3 Å². The van der Waals surface area contributed by atoms with E-state index in [0.717, 1.165) is 11.4 Å². The van der Waals surface area contributed by atoms with E-state index >= 15 is 0 Å². The SMILES string of the molecule is Cn1c(Nc2ccccc2)cc(=Nc2ccccc2)n(C)c1=O. The lowest BCUT2D eigenvalue weighted by molar-refractivity contribution is 0.682. The Bertz CT molecular complexity index is 925. The average molecular weight is 306 g/mol. The van der Waals surface area contributed by atoms with E-state index < -0.39 is 0 Å². The molecule has 0 unspecified atom stereocenters. The smallest absolute Gasteiger partial charge is 0.330 e. The molecule has 1 N–H and O–H groups in total. The minimum atomic E-state index is -0.138. The van der Waals surface area contributed by atoms with Crippen LogP contribution in [-0.4, -0.2) is 9.13 Å². The lowest BCUT2D eigenvalue weighted by Crippen LogP contribution is -2.37. The Morgan fingerprint density at radius 2 is 1.48 bits per heavy atom. The summed E-state index contributed by atoms with van der Waals surface area (Å²) < 4.78 is 3.10. The van der Waals surface area contributed by atoms with E-state index in [9.17, 15) is 4.79 Å². The average Bonchev–Trinajstić information content (AvgIpc) is 2.59. The summed E-state index contributed by atoms with van der Waals surface area (Å²) in [6.45, 7) is 0. The molecule has 0 spiro atoms. The number of para-hydroxylation sites is 2. The standard InChI is InChI=1S/C18H18N4O/c1-21-16(19-14-9-5-3-6-10-14)13-17(22(2)18(21)23)20-15-11-7-4-8-12-15/h3-13,19H,1-2H3. The summed E-state index contributed by atoms with van der Waals surface area (Å²) >= 11 is 0. The predicted octanol–water partition coefficient (Wildman–Crippen LogP) is 2.70. The van der Waals surface area contributed by atoms with Crippen molar-refractivity contribution in [3.8, 4) is 0 Å². The van der Waals surface area contributed by atoms with E-state index in [-0.39, 0.29) is 5.69 Å². The Morgan fingerprint density at radius 1 is 0.870 bits per heavy atom. The molecule has 3 rings (SSSR count). The lowest BCUT2D eigenvalue weighted by atomic mass is 10.3. The number of rotatable bonds is 3. The molecule has 1 heterocycles. The van der Waals surface area contributed by atoms with Crippen molar-refractivity contribution in [3.63, 3.8) is 0 Å². The van der Waals surface area contributed by atoms with Gasteiger partial charge in [0.05, 0.1) is 5.69 Å². The molecule has 0 aliphatic rings. The zero-order valence-corrected chi connectivity index (χ0v) is 13.1. The van der Waals surface area contributed by atoms with Gasteiger partial charge >= 0.3 is 5.69 Å². The number of hydrogen-bond acceptors (Lipinski definition) is 3. The highest BCUT2D eigenvalue weighted by atomic mass is 16.1. The largest absolute Gasteiger partial charge is 0.341 e. The molecular formula is C18H18N4O. The third-order valence-corrected chi connectivity index (χ3v) is 3.59. The molecule has 0 fully saturated rings. The monoisotopic (exact) mass is 306 g/mol. The van der Waals surface area contributed by atoms with E-state index in [1.54, 1.807) is 18.7 Å². The molecule has 0 amide bonds. The Labute approximate surface area is 134 Å². The minimum absolute atomic E-state index is 0.138. The van der Waals surface area contributed by atoms with Crippen molar-refractivity contribution in [2.45, 2.75) is 0 Å². The van der Waals surface area contributed by atoms with Crippen LogP contribution in [0.4, 0.5) is 17.2 Å². The van der Waals surface area contributed by atoms with Crippen molar-refractivity contribution in [2.75, 3.05) is 5.32 Å². The molecule has 0 aliphatic carbocycles. The molecule has 5 nitrogen and oxygen atoms in total. The van der Waals surface area contributed by atoms with Gasteiger partial charge < -0.3 is 5.32 Å². The minimum Gasteiger partial charge on any atom is -0.341 e. The van der Waals surface area contributed by atoms with Crippen LogP contribution in [0.3, 0.4) is 0 Å². The summed E-state index contributed by atoms with van der Waals surface area (Å²) in [5.74, 6) is 0.689. The lowest BCUT2D eigenvalue weighted by Gasteiger charge is -2.12. The third-order valence-electron chi connectivity index (χ3n) is 3.59. The summed E-state index contributed by atoms with van der Waals surface area (Å²) in [6.07, 6.45) is 0. The first-order valence-electron chi connectivity index (χ1n) is 7.34. The second-order valence-corrected chi connectivity index (χ2v) is 5.23. The molecule has 0 bridgehead atoms. The first-order valence-corrected chi connectivity index (χ1v) is 7.34. The predicted molar refractivity (Wildman–Crippen MR) is 92.0 cm³/mol. The highest BCUT2D eigenvalue weighted by Gasteiger charge is 2.05. The summed E-state index contributed by atoms with van der Waals surface area (Å²) in [7, 11) is 3.45. The van der Waals surface area contributed by atoms with Gasteiger partial charge in [0, 0.05) is 25.8 Å². The molecule has 0 saturated carbocycles. The van der Waals surface area contributed by atoms with Gasteiger partial charge in [-0.1, -0.05) is 36.4 Å². The van der Waals surface area contributed by atoms with E-state index in [4.69, 9.17) is 0 Å². The van der Waals surface area contributed by atoms with Crippen LogP contribution < -0.4 is 16.5 Å². The second kappa shape index (κ2) is 6.36. The van der Waals surface area contributed by atoms with Crippen molar-refractivity contribution >= 4 is 17.2 Å². The zero-order valence-electron chi connectivity index (χ0n) is 13.1. The maximum absolute atomic E-state index is 12.4. The van der Waals surface area contributed by atoms with Crippen molar-refractivity contribution < 1.29 is 0 Å². The van der Waals surface area contributed by atoms with Crippen LogP contribution in [0.15, 0.2) is 76.5 Å². The molecule has 3 aromatic rings. The summed E-state index contributed by atoms with van der Waals surface area (Å²) in [6, 6.07) is 21.2. The van der Waals surface area contributed by atoms with Gasteiger partial charge in [-0.3, -0.25) is 9.13 Å². The van der Waals surface area contributed by atoms with Crippen LogP contribution in [0.1, 0.15) is 0 Å². The normalized spacial score (nSPS) is 11.5. The summed E-state index contributed by atoms with van der Waals surface area (Å²) in [5, 5.41) is 3.26. The second-order valence-electron chi connectivity index (χ2n) is 5.23. The molecule has 0 atom stereocenters. The molecule has 116 valence electrons. The quantitative estimate of drug-likeness (QED) is 0.809. The fraction of sp³-hybridized carbons (Fsp3) is 0.111. The van der Waals surface area contributed by atoms with Crippen LogP contribution in [0.2, 0.25) is 0 Å². The molecular weight excluding hydrogens is 288 g/mol. The first-order chi connectivity index (χ1) is 11.1. The van der Waals surface area contributed by atoms with Gasteiger partial charge in [-0.05, 0) is 24.3 Å². The molecule has 0 radical (unpaired) electrons. The molecule has 2 aromatic carbocycles. The maximum atomic E-state index is 12.4. The number of aromatic nitrogens is 2. The van der Waals surface area contributed by atoms with E-state index in [2.05, 4.69) is 10.3 Å². The fourth-order valence-electron chi connectivity index (χ4n) is 2.27. The van der Waals surface area contributed by atoms with E-state index in [0.29, 0.717) is 11.3 Å². The van der Waals surface area contributed by atoms with E-state index in [1.165, 1.54) is 4.57 Å². The van der Waals surface area contributed by atoms with Gasteiger partial charge in [0.25, 0.3) is 0 Å². The van der Waals surface area contributed by atoms with Crippen LogP contribution in [0.25, 0.3) is 0 Å². The first kappa shape index (κ1) is 14.8. The van der Waals surface area contributed by atoms with E-state index in [1.807, 2.05) is 66.7 Å². The third kappa shape index (κ3) is 3.23. The van der Waals surface area contributed by atoms with Crippen LogP contribution in [0.5, 0.6) is 0 Å². The van der Waals surface area contributed by atoms with Gasteiger partial charge in [-0.15, -0.1) is 0 Å². The Balaban J connectivity index is 2.12. The van der Waals surface area contributed by atoms with Gasteiger partial charge in [0.2, 0.25) is 0 Å². The Morgan fingerprint density at radius 3 is 2.13 bits per heavy atom. The highest BCUT2D eigenvalue weighted by molar-refractivity contribution is 5.55.